The van der Waals surface area contributed by atoms with Crippen LogP contribution in [0.15, 0.2) is 30.3 Å². The molecule has 2 fully saturated rings. The van der Waals surface area contributed by atoms with Crippen LogP contribution in [0.25, 0.3) is 0 Å². The van der Waals surface area contributed by atoms with Crippen molar-refractivity contribution in [3.8, 4) is 0 Å². The summed E-state index contributed by atoms with van der Waals surface area (Å²) in [6, 6.07) is 9.10. The van der Waals surface area contributed by atoms with E-state index < -0.39 is 0 Å². The Morgan fingerprint density at radius 1 is 0.700 bits per heavy atom. The van der Waals surface area contributed by atoms with Crippen molar-refractivity contribution in [3.05, 3.63) is 35.9 Å². The van der Waals surface area contributed by atoms with Gasteiger partial charge in [0.2, 0.25) is 0 Å². The smallest absolute Gasteiger partial charge is 0.150 e. The zero-order chi connectivity index (χ0) is 14.3. The standard InChI is InChI=1S/C7H6O.2C5H10O/c8-6-7-4-2-1-3-5-7;2*1-2-4-6-5-3-1/h1-6H;2*1-5H2. The normalized spacial score (nSPS) is 17.8. The summed E-state index contributed by atoms with van der Waals surface area (Å²) in [5, 5.41) is 0. The van der Waals surface area contributed by atoms with Crippen LogP contribution in [-0.2, 0) is 9.47 Å². The van der Waals surface area contributed by atoms with Gasteiger partial charge in [-0.15, -0.1) is 0 Å². The van der Waals surface area contributed by atoms with E-state index in [-0.39, 0.29) is 0 Å². The second kappa shape index (κ2) is 12.8. The molecule has 2 aliphatic rings. The Labute approximate surface area is 122 Å². The number of carbonyl (C=O) groups excluding carboxylic acids is 1. The van der Waals surface area contributed by atoms with Crippen LogP contribution in [0.2, 0.25) is 0 Å². The monoisotopic (exact) mass is 278 g/mol. The number of ether oxygens (including phenoxy) is 2. The minimum atomic E-state index is 0.729. The van der Waals surface area contributed by atoms with Gasteiger partial charge in [0.1, 0.15) is 6.29 Å². The highest BCUT2D eigenvalue weighted by Gasteiger charge is 1.95. The average Bonchev–Trinajstić information content (AvgIpc) is 2.60. The molecule has 1 aromatic rings. The lowest BCUT2D eigenvalue weighted by Crippen LogP contribution is -2.03. The molecule has 0 unspecified atom stereocenters. The van der Waals surface area contributed by atoms with Crippen LogP contribution in [0, 0.1) is 0 Å². The van der Waals surface area contributed by atoms with Crippen LogP contribution in [-0.4, -0.2) is 32.7 Å². The van der Waals surface area contributed by atoms with E-state index in [2.05, 4.69) is 0 Å². The molecule has 0 spiro atoms. The first-order valence-corrected chi connectivity index (χ1v) is 7.59. The molecule has 2 saturated heterocycles. The third kappa shape index (κ3) is 9.70. The van der Waals surface area contributed by atoms with E-state index in [1.54, 1.807) is 12.1 Å². The fourth-order valence-electron chi connectivity index (χ4n) is 1.91. The minimum absolute atomic E-state index is 0.729. The highest BCUT2D eigenvalue weighted by Crippen LogP contribution is 2.02. The lowest BCUT2D eigenvalue weighted by atomic mass is 10.2. The second-order valence-corrected chi connectivity index (χ2v) is 4.87. The van der Waals surface area contributed by atoms with Gasteiger partial charge >= 0.3 is 0 Å². The van der Waals surface area contributed by atoms with E-state index >= 15 is 0 Å². The highest BCUT2D eigenvalue weighted by atomic mass is 16.5. The van der Waals surface area contributed by atoms with E-state index in [1.807, 2.05) is 18.2 Å². The number of aldehydes is 1. The average molecular weight is 278 g/mol. The van der Waals surface area contributed by atoms with Crippen molar-refractivity contribution in [2.75, 3.05) is 26.4 Å². The van der Waals surface area contributed by atoms with Crippen molar-refractivity contribution in [3.63, 3.8) is 0 Å². The first-order valence-electron chi connectivity index (χ1n) is 7.59. The first kappa shape index (κ1) is 16.9. The molecule has 3 rings (SSSR count). The zero-order valence-corrected chi connectivity index (χ0v) is 12.3. The van der Waals surface area contributed by atoms with Gasteiger partial charge in [-0.1, -0.05) is 30.3 Å². The van der Waals surface area contributed by atoms with Crippen LogP contribution in [0.4, 0.5) is 0 Å². The highest BCUT2D eigenvalue weighted by molar-refractivity contribution is 5.74. The Bertz CT molecular complexity index is 281. The molecule has 0 amide bonds. The Morgan fingerprint density at radius 2 is 1.15 bits per heavy atom. The molecular formula is C17H26O3. The molecular weight excluding hydrogens is 252 g/mol. The van der Waals surface area contributed by atoms with Crippen LogP contribution in [0.3, 0.4) is 0 Å². The fourth-order valence-corrected chi connectivity index (χ4v) is 1.91. The molecule has 2 heterocycles. The molecule has 0 saturated carbocycles. The summed E-state index contributed by atoms with van der Waals surface area (Å²) < 4.78 is 10.1. The van der Waals surface area contributed by atoms with Gasteiger partial charge in [-0.2, -0.15) is 0 Å². The second-order valence-electron chi connectivity index (χ2n) is 4.87. The van der Waals surface area contributed by atoms with Crippen LogP contribution < -0.4 is 0 Å². The van der Waals surface area contributed by atoms with Crippen LogP contribution in [0.5, 0.6) is 0 Å². The molecule has 112 valence electrons. The third-order valence-electron chi connectivity index (χ3n) is 3.09. The molecule has 0 N–H and O–H groups in total. The molecule has 3 heteroatoms. The molecule has 0 atom stereocenters. The summed E-state index contributed by atoms with van der Waals surface area (Å²) in [5.41, 5.74) is 0.729. The van der Waals surface area contributed by atoms with E-state index in [0.717, 1.165) is 38.3 Å². The van der Waals surface area contributed by atoms with Crippen molar-refractivity contribution in [1.29, 1.82) is 0 Å². The molecule has 20 heavy (non-hydrogen) atoms. The number of benzene rings is 1. The lowest BCUT2D eigenvalue weighted by Gasteiger charge is -2.08. The summed E-state index contributed by atoms with van der Waals surface area (Å²) in [6.45, 7) is 4.00. The Kier molecular flexibility index (Phi) is 10.8. The number of hydrogen-bond donors (Lipinski definition) is 0. The molecule has 0 radical (unpaired) electrons. The van der Waals surface area contributed by atoms with Crippen molar-refractivity contribution < 1.29 is 14.3 Å². The molecule has 0 bridgehead atoms. The van der Waals surface area contributed by atoms with Crippen LogP contribution >= 0.6 is 0 Å². The predicted molar refractivity (Wildman–Crippen MR) is 81.2 cm³/mol. The van der Waals surface area contributed by atoms with Gasteiger partial charge in [-0.05, 0) is 38.5 Å². The van der Waals surface area contributed by atoms with Gasteiger partial charge in [0.15, 0.2) is 0 Å². The Morgan fingerprint density at radius 3 is 1.35 bits per heavy atom. The Hall–Kier alpha value is -1.19. The summed E-state index contributed by atoms with van der Waals surface area (Å²) in [4.78, 5) is 10.0. The van der Waals surface area contributed by atoms with Gasteiger partial charge in [0.25, 0.3) is 0 Å². The first-order chi connectivity index (χ1) is 9.93. The maximum atomic E-state index is 10.0. The molecule has 0 aromatic heterocycles. The quantitative estimate of drug-likeness (QED) is 0.731. The van der Waals surface area contributed by atoms with E-state index in [0.29, 0.717) is 0 Å². The molecule has 3 nitrogen and oxygen atoms in total. The topological polar surface area (TPSA) is 35.5 Å². The van der Waals surface area contributed by atoms with E-state index in [4.69, 9.17) is 9.47 Å². The van der Waals surface area contributed by atoms with Crippen LogP contribution in [0.1, 0.15) is 48.9 Å². The number of hydrogen-bond acceptors (Lipinski definition) is 3. The van der Waals surface area contributed by atoms with Gasteiger partial charge in [0, 0.05) is 32.0 Å². The van der Waals surface area contributed by atoms with Crippen molar-refractivity contribution >= 4 is 6.29 Å². The van der Waals surface area contributed by atoms with Gasteiger partial charge in [0.05, 0.1) is 0 Å². The molecule has 2 aliphatic heterocycles. The summed E-state index contributed by atoms with van der Waals surface area (Å²) in [6.07, 6.45) is 8.69. The SMILES string of the molecule is C1CCOCC1.C1CCOCC1.O=Cc1ccccc1. The lowest BCUT2D eigenvalue weighted by molar-refractivity contribution is 0.0967. The van der Waals surface area contributed by atoms with Crippen molar-refractivity contribution in [1.82, 2.24) is 0 Å². The van der Waals surface area contributed by atoms with Gasteiger partial charge in [-0.25, -0.2) is 0 Å². The van der Waals surface area contributed by atoms with Gasteiger partial charge < -0.3 is 9.47 Å². The summed E-state index contributed by atoms with van der Waals surface area (Å²) in [7, 11) is 0. The van der Waals surface area contributed by atoms with Crippen molar-refractivity contribution in [2.24, 2.45) is 0 Å². The van der Waals surface area contributed by atoms with Crippen molar-refractivity contribution in [2.45, 2.75) is 38.5 Å². The zero-order valence-electron chi connectivity index (χ0n) is 12.3. The number of carbonyl (C=O) groups is 1. The maximum absolute atomic E-state index is 10.0. The summed E-state index contributed by atoms with van der Waals surface area (Å²) in [5.74, 6) is 0. The number of rotatable bonds is 1. The maximum Gasteiger partial charge on any atom is 0.150 e. The molecule has 1 aromatic carbocycles. The molecule has 0 aliphatic carbocycles. The Balaban J connectivity index is 0.000000152. The van der Waals surface area contributed by atoms with E-state index in [9.17, 15) is 4.79 Å². The van der Waals surface area contributed by atoms with Gasteiger partial charge in [-0.3, -0.25) is 4.79 Å². The predicted octanol–water partition coefficient (Wildman–Crippen LogP) is 3.87. The summed E-state index contributed by atoms with van der Waals surface area (Å²) >= 11 is 0. The third-order valence-corrected chi connectivity index (χ3v) is 3.09. The minimum Gasteiger partial charge on any atom is -0.381 e. The fraction of sp³-hybridized carbons (Fsp3) is 0.588. The largest absolute Gasteiger partial charge is 0.381 e. The van der Waals surface area contributed by atoms with E-state index in [1.165, 1.54) is 38.5 Å².